The van der Waals surface area contributed by atoms with Gasteiger partial charge < -0.3 is 0 Å². The van der Waals surface area contributed by atoms with Crippen LogP contribution in [0.2, 0.25) is 0 Å². The van der Waals surface area contributed by atoms with Gasteiger partial charge in [-0.3, -0.25) is 0 Å². The normalized spacial score (nSPS) is 13.0. The first-order valence-electron chi connectivity index (χ1n) is 6.71. The Kier molecular flexibility index (Phi) is 2.79. The zero-order chi connectivity index (χ0) is 12.5. The summed E-state index contributed by atoms with van der Waals surface area (Å²) in [5.41, 5.74) is 1.51. The molecule has 1 atom stereocenters. The van der Waals surface area contributed by atoms with Gasteiger partial charge >= 0.3 is 0 Å². The largest absolute Gasteiger partial charge is 0.0648 e. The summed E-state index contributed by atoms with van der Waals surface area (Å²) in [5.74, 6) is 0.598. The number of hydrogen-bond acceptors (Lipinski definition) is 0. The molecule has 3 rings (SSSR count). The van der Waals surface area contributed by atoms with E-state index in [9.17, 15) is 0 Å². The highest BCUT2D eigenvalue weighted by atomic mass is 14.2. The Morgan fingerprint density at radius 2 is 1.33 bits per heavy atom. The van der Waals surface area contributed by atoms with E-state index in [1.807, 2.05) is 0 Å². The van der Waals surface area contributed by atoms with Crippen molar-refractivity contribution in [1.29, 1.82) is 0 Å². The second-order valence-electron chi connectivity index (χ2n) is 5.04. The monoisotopic (exact) mass is 234 g/mol. The summed E-state index contributed by atoms with van der Waals surface area (Å²) in [6.07, 6.45) is 1.18. The van der Waals surface area contributed by atoms with Crippen LogP contribution in [0.3, 0.4) is 0 Å². The number of hydrogen-bond donors (Lipinski definition) is 0. The molecule has 0 aliphatic rings. The molecule has 3 aromatic rings. The lowest BCUT2D eigenvalue weighted by atomic mass is 9.88. The first kappa shape index (κ1) is 11.3. The molecule has 0 radical (unpaired) electrons. The Morgan fingerprint density at radius 1 is 0.833 bits per heavy atom. The second kappa shape index (κ2) is 4.45. The molecule has 0 heteroatoms. The molecule has 0 aliphatic heterocycles. The Balaban J connectivity index is 2.49. The lowest BCUT2D eigenvalue weighted by molar-refractivity contribution is 0.745. The number of fused-ring (bicyclic) bond motifs is 2. The van der Waals surface area contributed by atoms with Crippen molar-refractivity contribution in [1.82, 2.24) is 0 Å². The third kappa shape index (κ3) is 1.69. The van der Waals surface area contributed by atoms with Crippen molar-refractivity contribution in [3.63, 3.8) is 0 Å². The van der Waals surface area contributed by atoms with Crippen LogP contribution in [0.5, 0.6) is 0 Å². The lowest BCUT2D eigenvalue weighted by Crippen LogP contribution is -1.95. The van der Waals surface area contributed by atoms with Gasteiger partial charge in [-0.1, -0.05) is 62.4 Å². The van der Waals surface area contributed by atoms with Crippen molar-refractivity contribution < 1.29 is 0 Å². The molecule has 0 amide bonds. The van der Waals surface area contributed by atoms with Gasteiger partial charge in [0.15, 0.2) is 0 Å². The fourth-order valence-electron chi connectivity index (χ4n) is 2.78. The van der Waals surface area contributed by atoms with Crippen molar-refractivity contribution in [2.24, 2.45) is 0 Å². The van der Waals surface area contributed by atoms with Gasteiger partial charge in [-0.05, 0) is 45.5 Å². The molecule has 0 fully saturated rings. The van der Waals surface area contributed by atoms with Crippen LogP contribution in [0.1, 0.15) is 31.7 Å². The lowest BCUT2D eigenvalue weighted by Gasteiger charge is -2.16. The minimum Gasteiger partial charge on any atom is -0.0648 e. The van der Waals surface area contributed by atoms with Crippen molar-refractivity contribution >= 4 is 21.5 Å². The summed E-state index contributed by atoms with van der Waals surface area (Å²) < 4.78 is 0. The quantitative estimate of drug-likeness (QED) is 0.513. The van der Waals surface area contributed by atoms with Crippen LogP contribution in [0.25, 0.3) is 21.5 Å². The zero-order valence-electron chi connectivity index (χ0n) is 11.0. The second-order valence-corrected chi connectivity index (χ2v) is 5.04. The molecule has 0 aliphatic carbocycles. The molecule has 90 valence electrons. The van der Waals surface area contributed by atoms with Gasteiger partial charge in [0.05, 0.1) is 0 Å². The average Bonchev–Trinajstić information content (AvgIpc) is 2.44. The minimum absolute atomic E-state index is 0.598. The maximum absolute atomic E-state index is 2.33. The van der Waals surface area contributed by atoms with Gasteiger partial charge in [0.2, 0.25) is 0 Å². The van der Waals surface area contributed by atoms with Crippen LogP contribution in [-0.2, 0) is 0 Å². The van der Waals surface area contributed by atoms with E-state index in [0.29, 0.717) is 5.92 Å². The first-order valence-corrected chi connectivity index (χ1v) is 6.71. The standard InChI is InChI=1S/C18H18/c1-3-13(2)18-16-10-6-4-8-14(16)12-15-9-5-7-11-17(15)18/h4-13H,3H2,1-2H3. The van der Waals surface area contributed by atoms with Gasteiger partial charge in [0.1, 0.15) is 0 Å². The molecule has 0 N–H and O–H groups in total. The summed E-state index contributed by atoms with van der Waals surface area (Å²) in [4.78, 5) is 0. The van der Waals surface area contributed by atoms with Crippen LogP contribution < -0.4 is 0 Å². The molecule has 0 saturated carbocycles. The topological polar surface area (TPSA) is 0 Å². The molecule has 18 heavy (non-hydrogen) atoms. The van der Waals surface area contributed by atoms with Gasteiger partial charge in [-0.15, -0.1) is 0 Å². The summed E-state index contributed by atoms with van der Waals surface area (Å²) in [7, 11) is 0. The highest BCUT2D eigenvalue weighted by Crippen LogP contribution is 2.34. The van der Waals surface area contributed by atoms with Gasteiger partial charge in [0, 0.05) is 0 Å². The van der Waals surface area contributed by atoms with Crippen LogP contribution in [0, 0.1) is 0 Å². The highest BCUT2D eigenvalue weighted by molar-refractivity contribution is 6.02. The molecule has 0 aromatic heterocycles. The summed E-state index contributed by atoms with van der Waals surface area (Å²) in [6, 6.07) is 19.8. The van der Waals surface area contributed by atoms with Crippen molar-refractivity contribution in [3.8, 4) is 0 Å². The molecular formula is C18H18. The number of benzene rings is 3. The average molecular weight is 234 g/mol. The van der Waals surface area contributed by atoms with Crippen LogP contribution >= 0.6 is 0 Å². The Morgan fingerprint density at radius 3 is 1.83 bits per heavy atom. The predicted octanol–water partition coefficient (Wildman–Crippen LogP) is 5.51. The van der Waals surface area contributed by atoms with Crippen LogP contribution in [0.15, 0.2) is 54.6 Å². The van der Waals surface area contributed by atoms with E-state index in [1.165, 1.54) is 33.5 Å². The van der Waals surface area contributed by atoms with E-state index < -0.39 is 0 Å². The molecule has 1 unspecified atom stereocenters. The van der Waals surface area contributed by atoms with E-state index in [0.717, 1.165) is 0 Å². The summed E-state index contributed by atoms with van der Waals surface area (Å²) in [5, 5.41) is 5.52. The maximum atomic E-state index is 2.33. The van der Waals surface area contributed by atoms with Crippen LogP contribution in [0.4, 0.5) is 0 Å². The Labute approximate surface area is 108 Å². The number of rotatable bonds is 2. The van der Waals surface area contributed by atoms with E-state index in [1.54, 1.807) is 0 Å². The fourth-order valence-corrected chi connectivity index (χ4v) is 2.78. The van der Waals surface area contributed by atoms with Crippen molar-refractivity contribution in [2.75, 3.05) is 0 Å². The smallest absolute Gasteiger partial charge is 0.0143 e. The highest BCUT2D eigenvalue weighted by Gasteiger charge is 2.11. The third-order valence-corrected chi connectivity index (χ3v) is 3.92. The SMILES string of the molecule is CCC(C)c1c2ccccc2cc2ccccc12. The van der Waals surface area contributed by atoms with E-state index >= 15 is 0 Å². The maximum Gasteiger partial charge on any atom is -0.0143 e. The van der Waals surface area contributed by atoms with E-state index in [4.69, 9.17) is 0 Å². The van der Waals surface area contributed by atoms with Crippen molar-refractivity contribution in [3.05, 3.63) is 60.2 Å². The third-order valence-electron chi connectivity index (χ3n) is 3.92. The molecular weight excluding hydrogens is 216 g/mol. The summed E-state index contributed by atoms with van der Waals surface area (Å²) in [6.45, 7) is 4.59. The zero-order valence-corrected chi connectivity index (χ0v) is 11.0. The molecule has 0 heterocycles. The first-order chi connectivity index (χ1) is 8.81. The van der Waals surface area contributed by atoms with E-state index in [-0.39, 0.29) is 0 Å². The van der Waals surface area contributed by atoms with Gasteiger partial charge in [-0.25, -0.2) is 0 Å². The Bertz CT molecular complexity index is 641. The van der Waals surface area contributed by atoms with Gasteiger partial charge in [-0.2, -0.15) is 0 Å². The molecule has 0 spiro atoms. The predicted molar refractivity (Wildman–Crippen MR) is 80.2 cm³/mol. The molecule has 0 saturated heterocycles. The molecule has 0 bridgehead atoms. The minimum atomic E-state index is 0.598. The fraction of sp³-hybridized carbons (Fsp3) is 0.222. The van der Waals surface area contributed by atoms with E-state index in [2.05, 4.69) is 68.4 Å². The Hall–Kier alpha value is -1.82. The molecule has 3 aromatic carbocycles. The van der Waals surface area contributed by atoms with Crippen LogP contribution in [-0.4, -0.2) is 0 Å². The van der Waals surface area contributed by atoms with Gasteiger partial charge in [0.25, 0.3) is 0 Å². The molecule has 0 nitrogen and oxygen atoms in total. The summed E-state index contributed by atoms with van der Waals surface area (Å²) >= 11 is 0. The van der Waals surface area contributed by atoms with Crippen molar-refractivity contribution in [2.45, 2.75) is 26.2 Å².